The second kappa shape index (κ2) is 7.13. The molecule has 0 bridgehead atoms. The summed E-state index contributed by atoms with van der Waals surface area (Å²) in [5.74, 6) is 0.779. The predicted octanol–water partition coefficient (Wildman–Crippen LogP) is 4.17. The van der Waals surface area contributed by atoms with Crippen LogP contribution in [0.1, 0.15) is 11.1 Å². The van der Waals surface area contributed by atoms with Gasteiger partial charge >= 0.3 is 0 Å². The SMILES string of the molecule is COC1=CC(Cl)C(OCc2ccc(CBr)cc2)C=C1. The number of methoxy groups -OCH3 is 1. The van der Waals surface area contributed by atoms with E-state index in [1.54, 1.807) is 7.11 Å². The Morgan fingerprint density at radius 2 is 1.89 bits per heavy atom. The van der Waals surface area contributed by atoms with Gasteiger partial charge in [-0.05, 0) is 23.3 Å². The molecule has 0 aliphatic heterocycles. The van der Waals surface area contributed by atoms with Crippen LogP contribution in [0.3, 0.4) is 0 Å². The molecule has 0 amide bonds. The highest BCUT2D eigenvalue weighted by Crippen LogP contribution is 2.20. The lowest BCUT2D eigenvalue weighted by Crippen LogP contribution is -2.23. The third-order valence-electron chi connectivity index (χ3n) is 2.94. The van der Waals surface area contributed by atoms with Crippen LogP contribution in [0.5, 0.6) is 0 Å². The Balaban J connectivity index is 1.89. The van der Waals surface area contributed by atoms with Crippen LogP contribution in [0.2, 0.25) is 0 Å². The first-order valence-corrected chi connectivity index (χ1v) is 7.62. The van der Waals surface area contributed by atoms with Gasteiger partial charge in [0.05, 0.1) is 25.2 Å². The molecule has 1 aromatic carbocycles. The lowest BCUT2D eigenvalue weighted by atomic mass is 10.1. The number of ether oxygens (including phenoxy) is 2. The maximum absolute atomic E-state index is 6.23. The standard InChI is InChI=1S/C15H16BrClO2/c1-18-13-6-7-15(14(17)8-13)19-10-12-4-2-11(9-16)3-5-12/h2-8,14-15H,9-10H2,1H3. The normalized spacial score (nSPS) is 22.2. The fourth-order valence-electron chi connectivity index (χ4n) is 1.80. The van der Waals surface area contributed by atoms with Gasteiger partial charge in [0.1, 0.15) is 5.76 Å². The van der Waals surface area contributed by atoms with Crippen LogP contribution in [0.15, 0.2) is 48.3 Å². The summed E-state index contributed by atoms with van der Waals surface area (Å²) in [5, 5.41) is 0.676. The van der Waals surface area contributed by atoms with Crippen molar-refractivity contribution in [2.24, 2.45) is 0 Å². The van der Waals surface area contributed by atoms with E-state index in [4.69, 9.17) is 21.1 Å². The Morgan fingerprint density at radius 1 is 1.21 bits per heavy atom. The van der Waals surface area contributed by atoms with Gasteiger partial charge in [-0.15, -0.1) is 11.6 Å². The van der Waals surface area contributed by atoms with Gasteiger partial charge in [-0.25, -0.2) is 0 Å². The topological polar surface area (TPSA) is 18.5 Å². The van der Waals surface area contributed by atoms with Crippen molar-refractivity contribution in [2.45, 2.75) is 23.4 Å². The van der Waals surface area contributed by atoms with Gasteiger partial charge in [0.25, 0.3) is 0 Å². The molecule has 0 spiro atoms. The van der Waals surface area contributed by atoms with Gasteiger partial charge in [0, 0.05) is 5.33 Å². The van der Waals surface area contributed by atoms with Gasteiger partial charge < -0.3 is 9.47 Å². The molecule has 1 aliphatic rings. The molecule has 0 fully saturated rings. The second-order valence-corrected chi connectivity index (χ2v) is 5.37. The molecule has 4 heteroatoms. The minimum Gasteiger partial charge on any atom is -0.497 e. The first-order chi connectivity index (χ1) is 9.22. The number of benzene rings is 1. The highest BCUT2D eigenvalue weighted by molar-refractivity contribution is 9.08. The minimum atomic E-state index is -0.193. The summed E-state index contributed by atoms with van der Waals surface area (Å²) in [5.41, 5.74) is 2.40. The highest BCUT2D eigenvalue weighted by atomic mass is 79.9. The van der Waals surface area contributed by atoms with Crippen LogP contribution < -0.4 is 0 Å². The van der Waals surface area contributed by atoms with Crippen molar-refractivity contribution in [3.05, 3.63) is 59.4 Å². The second-order valence-electron chi connectivity index (χ2n) is 4.30. The van der Waals surface area contributed by atoms with E-state index in [1.165, 1.54) is 5.56 Å². The Bertz CT molecular complexity index is 468. The van der Waals surface area contributed by atoms with Crippen molar-refractivity contribution in [2.75, 3.05) is 7.11 Å². The molecular formula is C15H16BrClO2. The van der Waals surface area contributed by atoms with E-state index in [0.29, 0.717) is 6.61 Å². The number of alkyl halides is 2. The first-order valence-electron chi connectivity index (χ1n) is 6.06. The molecule has 2 rings (SSSR count). The number of halogens is 2. The molecule has 0 heterocycles. The molecule has 1 aliphatic carbocycles. The van der Waals surface area contributed by atoms with Gasteiger partial charge in [0.15, 0.2) is 0 Å². The summed E-state index contributed by atoms with van der Waals surface area (Å²) in [6.07, 6.45) is 5.57. The van der Waals surface area contributed by atoms with Crippen molar-refractivity contribution < 1.29 is 9.47 Å². The zero-order valence-corrected chi connectivity index (χ0v) is 13.0. The van der Waals surface area contributed by atoms with E-state index < -0.39 is 0 Å². The Kier molecular flexibility index (Phi) is 5.49. The summed E-state index contributed by atoms with van der Waals surface area (Å²) in [6.45, 7) is 0.553. The Labute approximate surface area is 127 Å². The van der Waals surface area contributed by atoms with Crippen LogP contribution in [0.25, 0.3) is 0 Å². The molecule has 2 unspecified atom stereocenters. The molecule has 2 atom stereocenters. The van der Waals surface area contributed by atoms with Crippen LogP contribution in [0.4, 0.5) is 0 Å². The molecule has 0 saturated heterocycles. The number of hydrogen-bond acceptors (Lipinski definition) is 2. The quantitative estimate of drug-likeness (QED) is 0.747. The van der Waals surface area contributed by atoms with Gasteiger partial charge in [-0.1, -0.05) is 46.3 Å². The smallest absolute Gasteiger partial charge is 0.116 e. The van der Waals surface area contributed by atoms with Gasteiger partial charge in [-0.3, -0.25) is 0 Å². The minimum absolute atomic E-state index is 0.114. The van der Waals surface area contributed by atoms with Crippen molar-refractivity contribution >= 4 is 27.5 Å². The largest absolute Gasteiger partial charge is 0.497 e. The third-order valence-corrected chi connectivity index (χ3v) is 3.96. The van der Waals surface area contributed by atoms with E-state index in [0.717, 1.165) is 16.7 Å². The maximum atomic E-state index is 6.23. The van der Waals surface area contributed by atoms with Crippen molar-refractivity contribution in [1.29, 1.82) is 0 Å². The lowest BCUT2D eigenvalue weighted by molar-refractivity contribution is 0.0738. The van der Waals surface area contributed by atoms with E-state index in [-0.39, 0.29) is 11.5 Å². The van der Waals surface area contributed by atoms with E-state index in [1.807, 2.05) is 18.2 Å². The number of hydrogen-bond donors (Lipinski definition) is 0. The molecule has 2 nitrogen and oxygen atoms in total. The molecule has 19 heavy (non-hydrogen) atoms. The average Bonchev–Trinajstić information content (AvgIpc) is 2.46. The molecule has 0 N–H and O–H groups in total. The van der Waals surface area contributed by atoms with Crippen LogP contribution in [-0.4, -0.2) is 18.6 Å². The number of allylic oxidation sites excluding steroid dienone is 1. The zero-order valence-electron chi connectivity index (χ0n) is 10.7. The summed E-state index contributed by atoms with van der Waals surface area (Å²) >= 11 is 9.66. The summed E-state index contributed by atoms with van der Waals surface area (Å²) < 4.78 is 10.9. The zero-order chi connectivity index (χ0) is 13.7. The molecule has 0 aromatic heterocycles. The van der Waals surface area contributed by atoms with Gasteiger partial charge in [0.2, 0.25) is 0 Å². The Morgan fingerprint density at radius 3 is 2.47 bits per heavy atom. The van der Waals surface area contributed by atoms with Crippen LogP contribution in [0, 0.1) is 0 Å². The molecule has 102 valence electrons. The maximum Gasteiger partial charge on any atom is 0.116 e. The molecular weight excluding hydrogens is 328 g/mol. The fraction of sp³-hybridized carbons (Fsp3) is 0.333. The summed E-state index contributed by atoms with van der Waals surface area (Å²) in [7, 11) is 1.63. The summed E-state index contributed by atoms with van der Waals surface area (Å²) in [4.78, 5) is 0. The van der Waals surface area contributed by atoms with Crippen molar-refractivity contribution in [3.63, 3.8) is 0 Å². The van der Waals surface area contributed by atoms with E-state index >= 15 is 0 Å². The lowest BCUT2D eigenvalue weighted by Gasteiger charge is -2.21. The first kappa shape index (κ1) is 14.6. The Hall–Kier alpha value is -0.770. The monoisotopic (exact) mass is 342 g/mol. The highest BCUT2D eigenvalue weighted by Gasteiger charge is 2.19. The molecule has 0 saturated carbocycles. The van der Waals surface area contributed by atoms with E-state index in [9.17, 15) is 0 Å². The predicted molar refractivity (Wildman–Crippen MR) is 81.5 cm³/mol. The van der Waals surface area contributed by atoms with Crippen LogP contribution in [-0.2, 0) is 21.4 Å². The van der Waals surface area contributed by atoms with Crippen LogP contribution >= 0.6 is 27.5 Å². The fourth-order valence-corrected chi connectivity index (χ4v) is 2.46. The average molecular weight is 344 g/mol. The van der Waals surface area contributed by atoms with Crippen molar-refractivity contribution in [3.8, 4) is 0 Å². The van der Waals surface area contributed by atoms with Crippen molar-refractivity contribution in [1.82, 2.24) is 0 Å². The molecule has 1 aromatic rings. The van der Waals surface area contributed by atoms with Gasteiger partial charge in [-0.2, -0.15) is 0 Å². The molecule has 0 radical (unpaired) electrons. The third kappa shape index (κ3) is 4.10. The summed E-state index contributed by atoms with van der Waals surface area (Å²) in [6, 6.07) is 8.32. The number of rotatable bonds is 5. The van der Waals surface area contributed by atoms with E-state index in [2.05, 4.69) is 40.2 Å².